The summed E-state index contributed by atoms with van der Waals surface area (Å²) >= 11 is 3.26. The Hall–Kier alpha value is -0.450. The molecule has 1 atom stereocenters. The largest absolute Gasteiger partial charge is 0.396 e. The third-order valence-corrected chi connectivity index (χ3v) is 2.32. The molecule has 13 heavy (non-hydrogen) atoms. The monoisotopic (exact) mass is 244 g/mol. The highest BCUT2D eigenvalue weighted by Crippen LogP contribution is 2.16. The molecule has 3 N–H and O–H groups in total. The number of nitrogens with two attached hydrogens (primary N) is 1. The van der Waals surface area contributed by atoms with Crippen LogP contribution in [0.1, 0.15) is 24.4 Å². The molecule has 0 saturated heterocycles. The lowest BCUT2D eigenvalue weighted by atomic mass is 10.1. The van der Waals surface area contributed by atoms with Crippen molar-refractivity contribution in [2.24, 2.45) is 5.73 Å². The zero-order valence-corrected chi connectivity index (χ0v) is 8.87. The van der Waals surface area contributed by atoms with Crippen LogP contribution in [0.3, 0.4) is 0 Å². The van der Waals surface area contributed by atoms with Crippen LogP contribution in [-0.2, 0) is 0 Å². The zero-order valence-electron chi connectivity index (χ0n) is 7.28. The number of pyridine rings is 1. The molecule has 0 unspecified atom stereocenters. The van der Waals surface area contributed by atoms with Crippen LogP contribution in [0.5, 0.6) is 0 Å². The number of aromatic nitrogens is 1. The molecule has 72 valence electrons. The number of aliphatic hydroxyl groups is 1. The minimum atomic E-state index is -0.0206. The molecule has 1 heterocycles. The Kier molecular flexibility index (Phi) is 4.35. The van der Waals surface area contributed by atoms with Crippen LogP contribution in [0, 0.1) is 0 Å². The molecule has 0 aliphatic heterocycles. The predicted octanol–water partition coefficient (Wildman–Crippen LogP) is 1.62. The van der Waals surface area contributed by atoms with Gasteiger partial charge in [0.15, 0.2) is 0 Å². The molecule has 0 fully saturated rings. The van der Waals surface area contributed by atoms with Crippen molar-refractivity contribution in [2.75, 3.05) is 6.61 Å². The van der Waals surface area contributed by atoms with Gasteiger partial charge >= 0.3 is 0 Å². The number of hydrogen-bond acceptors (Lipinski definition) is 3. The molecule has 0 saturated carbocycles. The fraction of sp³-hybridized carbons (Fsp3) is 0.444. The Labute approximate surface area is 86.1 Å². The van der Waals surface area contributed by atoms with Gasteiger partial charge in [0, 0.05) is 18.8 Å². The highest BCUT2D eigenvalue weighted by atomic mass is 79.9. The van der Waals surface area contributed by atoms with Crippen molar-refractivity contribution in [3.63, 3.8) is 0 Å². The van der Waals surface area contributed by atoms with Crippen LogP contribution in [-0.4, -0.2) is 16.7 Å². The van der Waals surface area contributed by atoms with Gasteiger partial charge in [-0.3, -0.25) is 0 Å². The summed E-state index contributed by atoms with van der Waals surface area (Å²) in [5.74, 6) is 0. The minimum Gasteiger partial charge on any atom is -0.396 e. The van der Waals surface area contributed by atoms with E-state index in [1.165, 1.54) is 0 Å². The molecule has 4 heteroatoms. The second-order valence-electron chi connectivity index (χ2n) is 2.89. The Balaban J connectivity index is 2.55. The lowest BCUT2D eigenvalue weighted by molar-refractivity contribution is 0.280. The molecule has 0 aromatic carbocycles. The highest BCUT2D eigenvalue weighted by Gasteiger charge is 2.04. The van der Waals surface area contributed by atoms with E-state index >= 15 is 0 Å². The summed E-state index contributed by atoms with van der Waals surface area (Å²) in [4.78, 5) is 4.08. The second-order valence-corrected chi connectivity index (χ2v) is 3.70. The van der Waals surface area contributed by atoms with Gasteiger partial charge in [0.1, 0.15) is 4.60 Å². The average molecular weight is 245 g/mol. The van der Waals surface area contributed by atoms with E-state index in [9.17, 15) is 0 Å². The molecular formula is C9H13BrN2O. The van der Waals surface area contributed by atoms with Crippen LogP contribution >= 0.6 is 15.9 Å². The van der Waals surface area contributed by atoms with Crippen molar-refractivity contribution >= 4 is 15.9 Å². The van der Waals surface area contributed by atoms with E-state index in [0.29, 0.717) is 0 Å². The first kappa shape index (κ1) is 10.6. The predicted molar refractivity (Wildman–Crippen MR) is 55.2 cm³/mol. The molecule has 0 amide bonds. The first-order valence-corrected chi connectivity index (χ1v) is 5.01. The van der Waals surface area contributed by atoms with Crippen LogP contribution in [0.25, 0.3) is 0 Å². The molecule has 0 bridgehead atoms. The van der Waals surface area contributed by atoms with Gasteiger partial charge in [0.2, 0.25) is 0 Å². The quantitative estimate of drug-likeness (QED) is 0.792. The van der Waals surface area contributed by atoms with Crippen molar-refractivity contribution in [3.8, 4) is 0 Å². The maximum absolute atomic E-state index is 8.63. The van der Waals surface area contributed by atoms with Gasteiger partial charge in [-0.25, -0.2) is 4.98 Å². The van der Waals surface area contributed by atoms with Crippen LogP contribution < -0.4 is 5.73 Å². The van der Waals surface area contributed by atoms with Gasteiger partial charge in [-0.15, -0.1) is 0 Å². The maximum Gasteiger partial charge on any atom is 0.106 e. The van der Waals surface area contributed by atoms with Gasteiger partial charge in [-0.05, 0) is 40.4 Å². The number of aliphatic hydroxyl groups excluding tert-OH is 1. The van der Waals surface area contributed by atoms with Crippen LogP contribution in [0.15, 0.2) is 22.9 Å². The normalized spacial score (nSPS) is 12.8. The fourth-order valence-electron chi connectivity index (χ4n) is 1.08. The summed E-state index contributed by atoms with van der Waals surface area (Å²) in [6.45, 7) is 0.192. The molecule has 1 aromatic heterocycles. The van der Waals surface area contributed by atoms with E-state index in [0.717, 1.165) is 23.0 Å². The molecular weight excluding hydrogens is 232 g/mol. The molecule has 1 rings (SSSR count). The molecule has 1 aromatic rings. The highest BCUT2D eigenvalue weighted by molar-refractivity contribution is 9.10. The van der Waals surface area contributed by atoms with Crippen molar-refractivity contribution < 1.29 is 5.11 Å². The summed E-state index contributed by atoms with van der Waals surface area (Å²) in [6.07, 6.45) is 3.28. The number of nitrogens with zero attached hydrogens (tertiary/aromatic N) is 1. The second kappa shape index (κ2) is 5.32. The average Bonchev–Trinajstić information content (AvgIpc) is 2.15. The summed E-state index contributed by atoms with van der Waals surface area (Å²) in [6, 6.07) is 3.79. The molecule has 0 aliphatic carbocycles. The Morgan fingerprint density at radius 1 is 1.54 bits per heavy atom. The molecule has 3 nitrogen and oxygen atoms in total. The number of rotatable bonds is 4. The van der Waals surface area contributed by atoms with E-state index in [1.807, 2.05) is 12.1 Å². The molecule has 0 aliphatic rings. The maximum atomic E-state index is 8.63. The summed E-state index contributed by atoms with van der Waals surface area (Å²) < 4.78 is 0.811. The first-order valence-electron chi connectivity index (χ1n) is 4.22. The third kappa shape index (κ3) is 3.42. The topological polar surface area (TPSA) is 59.1 Å². The first-order chi connectivity index (χ1) is 6.24. The Morgan fingerprint density at radius 2 is 2.31 bits per heavy atom. The lowest BCUT2D eigenvalue weighted by Crippen LogP contribution is -2.10. The number of hydrogen-bond donors (Lipinski definition) is 2. The summed E-state index contributed by atoms with van der Waals surface area (Å²) in [5, 5.41) is 8.63. The molecule has 0 spiro atoms. The summed E-state index contributed by atoms with van der Waals surface area (Å²) in [5.41, 5.74) is 6.88. The van der Waals surface area contributed by atoms with Gasteiger partial charge < -0.3 is 10.8 Å². The number of halogens is 1. The van der Waals surface area contributed by atoms with Crippen LogP contribution in [0.2, 0.25) is 0 Å². The summed E-state index contributed by atoms with van der Waals surface area (Å²) in [7, 11) is 0. The van der Waals surface area contributed by atoms with Gasteiger partial charge in [0.05, 0.1) is 0 Å². The van der Waals surface area contributed by atoms with Crippen molar-refractivity contribution in [2.45, 2.75) is 18.9 Å². The van der Waals surface area contributed by atoms with E-state index in [-0.39, 0.29) is 12.6 Å². The van der Waals surface area contributed by atoms with Crippen LogP contribution in [0.4, 0.5) is 0 Å². The zero-order chi connectivity index (χ0) is 9.68. The third-order valence-electron chi connectivity index (χ3n) is 1.85. The smallest absolute Gasteiger partial charge is 0.106 e. The van der Waals surface area contributed by atoms with E-state index in [4.69, 9.17) is 10.8 Å². The Morgan fingerprint density at radius 3 is 2.85 bits per heavy atom. The SMILES string of the molecule is N[C@H](CCCO)c1ccc(Br)nc1. The van der Waals surface area contributed by atoms with E-state index < -0.39 is 0 Å². The van der Waals surface area contributed by atoms with Gasteiger partial charge in [0.25, 0.3) is 0 Å². The Bertz CT molecular complexity index is 250. The van der Waals surface area contributed by atoms with Gasteiger partial charge in [-0.1, -0.05) is 6.07 Å². The van der Waals surface area contributed by atoms with Crippen molar-refractivity contribution in [1.29, 1.82) is 0 Å². The van der Waals surface area contributed by atoms with Gasteiger partial charge in [-0.2, -0.15) is 0 Å². The van der Waals surface area contributed by atoms with Crippen molar-refractivity contribution in [3.05, 3.63) is 28.5 Å². The lowest BCUT2D eigenvalue weighted by Gasteiger charge is -2.10. The van der Waals surface area contributed by atoms with Crippen molar-refractivity contribution in [1.82, 2.24) is 4.98 Å². The fourth-order valence-corrected chi connectivity index (χ4v) is 1.32. The molecule has 0 radical (unpaired) electrons. The standard InChI is InChI=1S/C9H13BrN2O/c10-9-4-3-7(6-12-9)8(11)2-1-5-13/h3-4,6,8,13H,1-2,5,11H2/t8-/m1/s1. The van der Waals surface area contributed by atoms with E-state index in [1.54, 1.807) is 6.20 Å². The minimum absolute atomic E-state index is 0.0206. The van der Waals surface area contributed by atoms with E-state index in [2.05, 4.69) is 20.9 Å².